The van der Waals surface area contributed by atoms with Crippen LogP contribution in [0.1, 0.15) is 38.5 Å². The van der Waals surface area contributed by atoms with Crippen molar-refractivity contribution >= 4 is 5.91 Å². The predicted molar refractivity (Wildman–Crippen MR) is 48.2 cm³/mol. The molecule has 0 bridgehead atoms. The Morgan fingerprint density at radius 2 is 1.85 bits per heavy atom. The maximum Gasteiger partial charge on any atom is 0.270 e. The van der Waals surface area contributed by atoms with Gasteiger partial charge in [-0.25, -0.2) is 5.06 Å². The second-order valence-electron chi connectivity index (χ2n) is 4.00. The maximum absolute atomic E-state index is 11.1. The topological polar surface area (TPSA) is 40.5 Å². The summed E-state index contributed by atoms with van der Waals surface area (Å²) in [5.41, 5.74) is -0.354. The van der Waals surface area contributed by atoms with E-state index in [0.29, 0.717) is 0 Å². The second-order valence-corrected chi connectivity index (χ2v) is 4.00. The molecule has 2 aliphatic rings. The van der Waals surface area contributed by atoms with E-state index in [1.807, 2.05) is 6.08 Å². The van der Waals surface area contributed by atoms with Crippen molar-refractivity contribution in [3.05, 3.63) is 12.2 Å². The number of hydrogen-bond acceptors (Lipinski definition) is 2. The van der Waals surface area contributed by atoms with Crippen LogP contribution < -0.4 is 0 Å². The maximum atomic E-state index is 11.1. The van der Waals surface area contributed by atoms with Gasteiger partial charge in [0.25, 0.3) is 5.91 Å². The quantitative estimate of drug-likeness (QED) is 0.579. The third-order valence-corrected chi connectivity index (χ3v) is 3.14. The normalized spacial score (nSPS) is 26.8. The minimum absolute atomic E-state index is 0.262. The Morgan fingerprint density at radius 1 is 1.23 bits per heavy atom. The van der Waals surface area contributed by atoms with Gasteiger partial charge in [-0.1, -0.05) is 31.8 Å². The summed E-state index contributed by atoms with van der Waals surface area (Å²) < 4.78 is 0. The van der Waals surface area contributed by atoms with Crippen LogP contribution in [0.2, 0.25) is 0 Å². The molecular formula is C10H15NO2. The Kier molecular flexibility index (Phi) is 2.12. The molecule has 1 N–H and O–H groups in total. The first-order valence-corrected chi connectivity index (χ1v) is 4.97. The highest BCUT2D eigenvalue weighted by molar-refractivity contribution is 5.90. The molecule has 1 fully saturated rings. The summed E-state index contributed by atoms with van der Waals surface area (Å²) in [6.07, 6.45) is 9.84. The Hall–Kier alpha value is -0.830. The van der Waals surface area contributed by atoms with E-state index in [2.05, 4.69) is 0 Å². The second kappa shape index (κ2) is 3.14. The fraction of sp³-hybridized carbons (Fsp3) is 0.700. The van der Waals surface area contributed by atoms with Crippen molar-refractivity contribution in [1.29, 1.82) is 0 Å². The number of hydrogen-bond donors (Lipinski definition) is 1. The standard InChI is InChI=1S/C10H15NO2/c12-9-5-8-10(11(9)13)6-3-1-2-4-7-10/h5,8,13H,1-4,6-7H2. The molecule has 1 heterocycles. The number of carbonyl (C=O) groups is 1. The predicted octanol–water partition coefficient (Wildman–Crippen LogP) is 1.87. The Morgan fingerprint density at radius 3 is 2.31 bits per heavy atom. The van der Waals surface area contributed by atoms with Gasteiger partial charge in [0.2, 0.25) is 0 Å². The third-order valence-electron chi connectivity index (χ3n) is 3.14. The van der Waals surface area contributed by atoms with E-state index in [0.717, 1.165) is 30.7 Å². The molecule has 1 saturated carbocycles. The van der Waals surface area contributed by atoms with Gasteiger partial charge >= 0.3 is 0 Å². The van der Waals surface area contributed by atoms with Crippen molar-refractivity contribution in [1.82, 2.24) is 5.06 Å². The van der Waals surface area contributed by atoms with Gasteiger partial charge in [0.15, 0.2) is 0 Å². The lowest BCUT2D eigenvalue weighted by Gasteiger charge is -2.32. The molecule has 0 aromatic carbocycles. The molecular weight excluding hydrogens is 166 g/mol. The molecule has 3 heteroatoms. The summed E-state index contributed by atoms with van der Waals surface area (Å²) >= 11 is 0. The van der Waals surface area contributed by atoms with Crippen molar-refractivity contribution in [3.63, 3.8) is 0 Å². The Bertz CT molecular complexity index is 239. The fourth-order valence-electron chi connectivity index (χ4n) is 2.31. The molecule has 1 amide bonds. The highest BCUT2D eigenvalue weighted by Gasteiger charge is 2.40. The van der Waals surface area contributed by atoms with Crippen LogP contribution in [-0.2, 0) is 4.79 Å². The average molecular weight is 181 g/mol. The number of nitrogens with zero attached hydrogens (tertiary/aromatic N) is 1. The summed E-state index contributed by atoms with van der Waals surface area (Å²) in [6.45, 7) is 0. The molecule has 1 aliphatic heterocycles. The largest absolute Gasteiger partial charge is 0.285 e. The van der Waals surface area contributed by atoms with Crippen LogP contribution in [0, 0.1) is 0 Å². The Balaban J connectivity index is 2.18. The zero-order chi connectivity index (χ0) is 9.31. The number of hydroxylamine groups is 2. The van der Waals surface area contributed by atoms with Gasteiger partial charge in [-0.3, -0.25) is 10.0 Å². The van der Waals surface area contributed by atoms with E-state index in [1.165, 1.54) is 18.9 Å². The van der Waals surface area contributed by atoms with E-state index in [4.69, 9.17) is 0 Å². The van der Waals surface area contributed by atoms with Crippen LogP contribution in [0.5, 0.6) is 0 Å². The smallest absolute Gasteiger partial charge is 0.270 e. The molecule has 2 rings (SSSR count). The summed E-state index contributed by atoms with van der Waals surface area (Å²) in [6, 6.07) is 0. The zero-order valence-corrected chi connectivity index (χ0v) is 7.70. The average Bonchev–Trinajstić information content (AvgIpc) is 2.38. The first kappa shape index (κ1) is 8.75. The lowest BCUT2D eigenvalue weighted by Crippen LogP contribution is -2.43. The summed E-state index contributed by atoms with van der Waals surface area (Å²) in [4.78, 5) is 11.1. The number of rotatable bonds is 0. The van der Waals surface area contributed by atoms with Gasteiger partial charge in [-0.2, -0.15) is 0 Å². The van der Waals surface area contributed by atoms with Crippen molar-refractivity contribution in [2.24, 2.45) is 0 Å². The fourth-order valence-corrected chi connectivity index (χ4v) is 2.31. The van der Waals surface area contributed by atoms with Gasteiger partial charge in [0.1, 0.15) is 0 Å². The highest BCUT2D eigenvalue weighted by Crippen LogP contribution is 2.35. The SMILES string of the molecule is O=C1C=CC2(CCCCCC2)N1O. The summed E-state index contributed by atoms with van der Waals surface area (Å²) in [5, 5.41) is 10.5. The van der Waals surface area contributed by atoms with E-state index < -0.39 is 0 Å². The Labute approximate surface area is 78.0 Å². The molecule has 0 aromatic rings. The number of amides is 1. The molecule has 3 nitrogen and oxygen atoms in total. The van der Waals surface area contributed by atoms with E-state index in [-0.39, 0.29) is 11.4 Å². The molecule has 0 saturated heterocycles. The van der Waals surface area contributed by atoms with Crippen molar-refractivity contribution in [3.8, 4) is 0 Å². The van der Waals surface area contributed by atoms with Gasteiger partial charge in [0, 0.05) is 6.08 Å². The van der Waals surface area contributed by atoms with Crippen LogP contribution in [0.3, 0.4) is 0 Å². The molecule has 0 atom stereocenters. The molecule has 13 heavy (non-hydrogen) atoms. The molecule has 72 valence electrons. The van der Waals surface area contributed by atoms with Gasteiger partial charge in [0.05, 0.1) is 5.54 Å². The van der Waals surface area contributed by atoms with Crippen molar-refractivity contribution in [2.75, 3.05) is 0 Å². The monoisotopic (exact) mass is 181 g/mol. The molecule has 1 aliphatic carbocycles. The molecule has 1 spiro atoms. The minimum Gasteiger partial charge on any atom is -0.285 e. The third kappa shape index (κ3) is 1.37. The molecule has 0 radical (unpaired) electrons. The van der Waals surface area contributed by atoms with Crippen molar-refractivity contribution in [2.45, 2.75) is 44.1 Å². The minimum atomic E-state index is -0.354. The lowest BCUT2D eigenvalue weighted by atomic mass is 9.91. The van der Waals surface area contributed by atoms with E-state index in [9.17, 15) is 10.0 Å². The zero-order valence-electron chi connectivity index (χ0n) is 7.70. The highest BCUT2D eigenvalue weighted by atomic mass is 16.5. The van der Waals surface area contributed by atoms with Gasteiger partial charge < -0.3 is 0 Å². The summed E-state index contributed by atoms with van der Waals surface area (Å²) in [7, 11) is 0. The first-order chi connectivity index (χ1) is 6.25. The molecule has 0 aromatic heterocycles. The number of carbonyl (C=O) groups excluding carboxylic acids is 1. The lowest BCUT2D eigenvalue weighted by molar-refractivity contribution is -0.178. The van der Waals surface area contributed by atoms with Crippen molar-refractivity contribution < 1.29 is 10.0 Å². The van der Waals surface area contributed by atoms with E-state index in [1.54, 1.807) is 0 Å². The van der Waals surface area contributed by atoms with Crippen LogP contribution in [-0.4, -0.2) is 21.7 Å². The summed E-state index contributed by atoms with van der Waals surface area (Å²) in [5.74, 6) is -0.262. The van der Waals surface area contributed by atoms with Crippen LogP contribution >= 0.6 is 0 Å². The van der Waals surface area contributed by atoms with Gasteiger partial charge in [-0.05, 0) is 12.8 Å². The van der Waals surface area contributed by atoms with E-state index >= 15 is 0 Å². The van der Waals surface area contributed by atoms with Crippen LogP contribution in [0.15, 0.2) is 12.2 Å². The van der Waals surface area contributed by atoms with Crippen LogP contribution in [0.25, 0.3) is 0 Å². The first-order valence-electron chi connectivity index (χ1n) is 4.97. The van der Waals surface area contributed by atoms with Gasteiger partial charge in [-0.15, -0.1) is 0 Å². The molecule has 0 unspecified atom stereocenters. The van der Waals surface area contributed by atoms with Crippen LogP contribution in [0.4, 0.5) is 0 Å².